The number of nitrogens with two attached hydrogens (primary N) is 1. The molecular weight excluding hydrogens is 424 g/mol. The van der Waals surface area contributed by atoms with Gasteiger partial charge < -0.3 is 15.5 Å². The Bertz CT molecular complexity index is 998. The van der Waals surface area contributed by atoms with E-state index in [1.54, 1.807) is 24.3 Å². The number of rotatable bonds is 5. The van der Waals surface area contributed by atoms with Crippen LogP contribution in [0.15, 0.2) is 51.7 Å². The van der Waals surface area contributed by atoms with E-state index in [-0.39, 0.29) is 15.8 Å². The number of thiazole rings is 1. The topological polar surface area (TPSA) is 127 Å². The Morgan fingerprint density at radius 1 is 1.12 bits per heavy atom. The molecule has 0 aliphatic carbocycles. The maximum absolute atomic E-state index is 12.3. The van der Waals surface area contributed by atoms with Gasteiger partial charge in [-0.2, -0.15) is 0 Å². The van der Waals surface area contributed by atoms with Gasteiger partial charge in [-0.3, -0.25) is 19.7 Å². The third-order valence-electron chi connectivity index (χ3n) is 3.15. The minimum absolute atomic E-state index is 0.133. The Labute approximate surface area is 159 Å². The number of anilines is 2. The first-order valence-electron chi connectivity index (χ1n) is 7.16. The second-order valence-corrected chi connectivity index (χ2v) is 6.80. The molecule has 1 aromatic carbocycles. The standard InChI is InChI=1S/C16H11BrN4O4S/c17-12-5-4-10(25-12)15(24)20-9-3-1-2-8(6-9)14(23)21-16-19-7-11(26-16)13(18)22/h1-7H,(H2,18,22)(H,20,24)(H,19,21,23). The van der Waals surface area contributed by atoms with Crippen LogP contribution in [0.4, 0.5) is 10.8 Å². The van der Waals surface area contributed by atoms with Gasteiger partial charge in [0.2, 0.25) is 0 Å². The first-order chi connectivity index (χ1) is 12.4. The number of hydrogen-bond acceptors (Lipinski definition) is 6. The van der Waals surface area contributed by atoms with Crippen LogP contribution in [-0.2, 0) is 0 Å². The highest BCUT2D eigenvalue weighted by atomic mass is 79.9. The molecule has 0 aliphatic rings. The molecule has 0 bridgehead atoms. The van der Waals surface area contributed by atoms with E-state index in [0.29, 0.717) is 15.9 Å². The molecule has 8 nitrogen and oxygen atoms in total. The van der Waals surface area contributed by atoms with Crippen LogP contribution in [0.1, 0.15) is 30.6 Å². The minimum atomic E-state index is -0.614. The molecule has 0 unspecified atom stereocenters. The molecule has 0 atom stereocenters. The number of aromatic nitrogens is 1. The van der Waals surface area contributed by atoms with Crippen LogP contribution in [-0.4, -0.2) is 22.7 Å². The van der Waals surface area contributed by atoms with Gasteiger partial charge in [-0.1, -0.05) is 17.4 Å². The van der Waals surface area contributed by atoms with Gasteiger partial charge in [0.05, 0.1) is 6.20 Å². The van der Waals surface area contributed by atoms with Crippen molar-refractivity contribution in [3.8, 4) is 0 Å². The van der Waals surface area contributed by atoms with Gasteiger partial charge >= 0.3 is 0 Å². The van der Waals surface area contributed by atoms with Crippen LogP contribution in [0, 0.1) is 0 Å². The summed E-state index contributed by atoms with van der Waals surface area (Å²) in [6.45, 7) is 0. The fraction of sp³-hybridized carbons (Fsp3) is 0. The molecule has 0 aliphatic heterocycles. The van der Waals surface area contributed by atoms with E-state index in [1.807, 2.05) is 0 Å². The summed E-state index contributed by atoms with van der Waals surface area (Å²) >= 11 is 4.10. The van der Waals surface area contributed by atoms with Gasteiger partial charge in [-0.25, -0.2) is 4.98 Å². The molecule has 3 rings (SSSR count). The second-order valence-electron chi connectivity index (χ2n) is 4.99. The van der Waals surface area contributed by atoms with Crippen molar-refractivity contribution in [1.82, 2.24) is 4.98 Å². The number of amides is 3. The lowest BCUT2D eigenvalue weighted by Crippen LogP contribution is -2.14. The van der Waals surface area contributed by atoms with E-state index in [1.165, 1.54) is 18.3 Å². The SMILES string of the molecule is NC(=O)c1cnc(NC(=O)c2cccc(NC(=O)c3ccc(Br)o3)c2)s1. The predicted octanol–water partition coefficient (Wildman–Crippen LogP) is 3.10. The lowest BCUT2D eigenvalue weighted by Gasteiger charge is -2.06. The van der Waals surface area contributed by atoms with Gasteiger partial charge in [0, 0.05) is 11.3 Å². The van der Waals surface area contributed by atoms with Crippen molar-refractivity contribution in [1.29, 1.82) is 0 Å². The van der Waals surface area contributed by atoms with Gasteiger partial charge in [-0.15, -0.1) is 0 Å². The highest BCUT2D eigenvalue weighted by molar-refractivity contribution is 9.10. The van der Waals surface area contributed by atoms with Crippen LogP contribution in [0.3, 0.4) is 0 Å². The molecule has 3 amide bonds. The molecule has 0 fully saturated rings. The number of nitrogens with zero attached hydrogens (tertiary/aromatic N) is 1. The number of furan rings is 1. The number of halogens is 1. The largest absolute Gasteiger partial charge is 0.444 e. The Morgan fingerprint density at radius 2 is 1.92 bits per heavy atom. The van der Waals surface area contributed by atoms with Crippen molar-refractivity contribution in [2.45, 2.75) is 0 Å². The summed E-state index contributed by atoms with van der Waals surface area (Å²) in [5.74, 6) is -1.36. The molecule has 4 N–H and O–H groups in total. The maximum Gasteiger partial charge on any atom is 0.291 e. The average Bonchev–Trinajstić information content (AvgIpc) is 3.24. The normalized spacial score (nSPS) is 10.3. The zero-order chi connectivity index (χ0) is 18.7. The lowest BCUT2D eigenvalue weighted by atomic mass is 10.2. The zero-order valence-electron chi connectivity index (χ0n) is 13.0. The quantitative estimate of drug-likeness (QED) is 0.568. The number of nitrogens with one attached hydrogen (secondary N) is 2. The molecule has 0 spiro atoms. The summed E-state index contributed by atoms with van der Waals surface area (Å²) in [7, 11) is 0. The summed E-state index contributed by atoms with van der Waals surface area (Å²) in [6.07, 6.45) is 1.29. The third kappa shape index (κ3) is 4.16. The Kier molecular flexibility index (Phi) is 5.14. The minimum Gasteiger partial charge on any atom is -0.444 e. The average molecular weight is 435 g/mol. The van der Waals surface area contributed by atoms with Gasteiger partial charge in [0.15, 0.2) is 15.6 Å². The van der Waals surface area contributed by atoms with Crippen LogP contribution in [0.5, 0.6) is 0 Å². The fourth-order valence-corrected chi connectivity index (χ4v) is 2.95. The van der Waals surface area contributed by atoms with E-state index >= 15 is 0 Å². The number of benzene rings is 1. The van der Waals surface area contributed by atoms with Gasteiger partial charge in [-0.05, 0) is 46.3 Å². The Hall–Kier alpha value is -2.98. The number of carbonyl (C=O) groups is 3. The summed E-state index contributed by atoms with van der Waals surface area (Å²) in [4.78, 5) is 39.6. The van der Waals surface area contributed by atoms with Crippen molar-refractivity contribution >= 4 is 55.8 Å². The molecule has 0 saturated heterocycles. The molecule has 0 saturated carbocycles. The van der Waals surface area contributed by atoms with Crippen molar-refractivity contribution in [3.63, 3.8) is 0 Å². The first-order valence-corrected chi connectivity index (χ1v) is 8.77. The van der Waals surface area contributed by atoms with Crippen LogP contribution >= 0.6 is 27.3 Å². The highest BCUT2D eigenvalue weighted by Gasteiger charge is 2.14. The molecule has 2 heterocycles. The molecule has 3 aromatic rings. The summed E-state index contributed by atoms with van der Waals surface area (Å²) < 4.78 is 5.62. The second kappa shape index (κ2) is 7.50. The summed E-state index contributed by atoms with van der Waals surface area (Å²) in [5, 5.41) is 5.46. The molecule has 132 valence electrons. The Balaban J connectivity index is 1.70. The lowest BCUT2D eigenvalue weighted by molar-refractivity contribution is 0.0990. The van der Waals surface area contributed by atoms with Crippen LogP contribution in [0.25, 0.3) is 0 Å². The Morgan fingerprint density at radius 3 is 2.58 bits per heavy atom. The van der Waals surface area contributed by atoms with Crippen molar-refractivity contribution in [3.05, 3.63) is 63.5 Å². The van der Waals surface area contributed by atoms with Gasteiger partial charge in [0.25, 0.3) is 17.7 Å². The highest BCUT2D eigenvalue weighted by Crippen LogP contribution is 2.20. The van der Waals surface area contributed by atoms with E-state index < -0.39 is 17.7 Å². The van der Waals surface area contributed by atoms with E-state index in [2.05, 4.69) is 31.5 Å². The first kappa shape index (κ1) is 17.8. The summed E-state index contributed by atoms with van der Waals surface area (Å²) in [5.41, 5.74) is 5.88. The van der Waals surface area contributed by atoms with Crippen molar-refractivity contribution < 1.29 is 18.8 Å². The summed E-state index contributed by atoms with van der Waals surface area (Å²) in [6, 6.07) is 9.48. The predicted molar refractivity (Wildman–Crippen MR) is 99.4 cm³/mol. The molecule has 10 heteroatoms. The number of carbonyl (C=O) groups excluding carboxylic acids is 3. The third-order valence-corrected chi connectivity index (χ3v) is 4.50. The molecule has 26 heavy (non-hydrogen) atoms. The van der Waals surface area contributed by atoms with Crippen LogP contribution in [0.2, 0.25) is 0 Å². The van der Waals surface area contributed by atoms with E-state index in [9.17, 15) is 14.4 Å². The number of hydrogen-bond donors (Lipinski definition) is 3. The van der Waals surface area contributed by atoms with E-state index in [0.717, 1.165) is 11.3 Å². The molecule has 2 aromatic heterocycles. The van der Waals surface area contributed by atoms with Gasteiger partial charge in [0.1, 0.15) is 4.88 Å². The monoisotopic (exact) mass is 434 g/mol. The fourth-order valence-electron chi connectivity index (χ4n) is 1.98. The number of primary amides is 1. The van der Waals surface area contributed by atoms with E-state index in [4.69, 9.17) is 10.2 Å². The molecular formula is C16H11BrN4O4S. The molecule has 0 radical (unpaired) electrons. The van der Waals surface area contributed by atoms with Crippen molar-refractivity contribution in [2.75, 3.05) is 10.6 Å². The smallest absolute Gasteiger partial charge is 0.291 e. The zero-order valence-corrected chi connectivity index (χ0v) is 15.4. The van der Waals surface area contributed by atoms with Crippen LogP contribution < -0.4 is 16.4 Å². The maximum atomic E-state index is 12.3. The van der Waals surface area contributed by atoms with Crippen molar-refractivity contribution in [2.24, 2.45) is 5.73 Å².